The topological polar surface area (TPSA) is 106 Å². The zero-order chi connectivity index (χ0) is 18.3. The Bertz CT molecular complexity index is 964. The number of hydrogen-bond acceptors (Lipinski definition) is 7. The predicted molar refractivity (Wildman–Crippen MR) is 95.7 cm³/mol. The van der Waals surface area contributed by atoms with Crippen LogP contribution in [0.15, 0.2) is 29.3 Å². The highest BCUT2D eigenvalue weighted by Gasteiger charge is 2.38. The lowest BCUT2D eigenvalue weighted by Crippen LogP contribution is -2.28. The van der Waals surface area contributed by atoms with Crippen LogP contribution in [0, 0.1) is 6.92 Å². The molecule has 1 fully saturated rings. The summed E-state index contributed by atoms with van der Waals surface area (Å²) >= 11 is 0. The molecule has 3 heterocycles. The van der Waals surface area contributed by atoms with Gasteiger partial charge in [0.25, 0.3) is 5.91 Å². The van der Waals surface area contributed by atoms with Crippen molar-refractivity contribution in [1.29, 1.82) is 0 Å². The second-order valence-electron chi connectivity index (χ2n) is 6.95. The predicted octanol–water partition coefficient (Wildman–Crippen LogP) is 2.78. The number of fused-ring (bicyclic) bond motifs is 1. The van der Waals surface area contributed by atoms with E-state index in [1.165, 1.54) is 6.33 Å². The fourth-order valence-electron chi connectivity index (χ4n) is 2.89. The van der Waals surface area contributed by atoms with Crippen molar-refractivity contribution in [2.45, 2.75) is 45.2 Å². The summed E-state index contributed by atoms with van der Waals surface area (Å²) in [5.74, 6) is 0.885. The third kappa shape index (κ3) is 2.98. The van der Waals surface area contributed by atoms with Crippen molar-refractivity contribution in [1.82, 2.24) is 25.3 Å². The number of hydrogen-bond donors (Lipinski definition) is 2. The van der Waals surface area contributed by atoms with E-state index in [4.69, 9.17) is 4.42 Å². The van der Waals surface area contributed by atoms with E-state index in [0.29, 0.717) is 33.9 Å². The van der Waals surface area contributed by atoms with Crippen molar-refractivity contribution < 1.29 is 9.21 Å². The van der Waals surface area contributed by atoms with Crippen molar-refractivity contribution >= 4 is 22.8 Å². The van der Waals surface area contributed by atoms with E-state index in [0.717, 1.165) is 12.8 Å². The zero-order valence-electron chi connectivity index (χ0n) is 14.9. The van der Waals surface area contributed by atoms with Gasteiger partial charge in [-0.25, -0.2) is 9.97 Å². The van der Waals surface area contributed by atoms with Gasteiger partial charge < -0.3 is 15.1 Å². The first-order chi connectivity index (χ1) is 12.5. The molecule has 0 saturated heterocycles. The molecular formula is C18H20N6O2. The average Bonchev–Trinajstić information content (AvgIpc) is 3.24. The lowest BCUT2D eigenvalue weighted by Gasteiger charge is -2.15. The van der Waals surface area contributed by atoms with Gasteiger partial charge in [0.1, 0.15) is 17.9 Å². The molecule has 1 aliphatic carbocycles. The summed E-state index contributed by atoms with van der Waals surface area (Å²) in [6.45, 7) is 5.75. The van der Waals surface area contributed by atoms with E-state index in [1.54, 1.807) is 25.5 Å². The van der Waals surface area contributed by atoms with Gasteiger partial charge in [-0.3, -0.25) is 14.8 Å². The molecule has 1 aliphatic rings. The first-order valence-corrected chi connectivity index (χ1v) is 8.56. The van der Waals surface area contributed by atoms with Gasteiger partial charge in [0.15, 0.2) is 0 Å². The molecule has 1 saturated carbocycles. The van der Waals surface area contributed by atoms with Crippen LogP contribution in [-0.4, -0.2) is 31.4 Å². The minimum absolute atomic E-state index is 0.0210. The van der Waals surface area contributed by atoms with Gasteiger partial charge in [-0.15, -0.1) is 0 Å². The maximum atomic E-state index is 13.0. The summed E-state index contributed by atoms with van der Waals surface area (Å²) in [6.07, 6.45) is 8.42. The number of carbonyl (C=O) groups is 1. The smallest absolute Gasteiger partial charge is 0.256 e. The Balaban J connectivity index is 1.69. The van der Waals surface area contributed by atoms with Gasteiger partial charge in [0.05, 0.1) is 28.9 Å². The van der Waals surface area contributed by atoms with E-state index in [-0.39, 0.29) is 17.5 Å². The number of aromatic nitrogens is 4. The number of nitrogens with zero attached hydrogens (tertiary/aromatic N) is 4. The van der Waals surface area contributed by atoms with Gasteiger partial charge in [-0.1, -0.05) is 0 Å². The third-order valence-electron chi connectivity index (χ3n) is 4.69. The van der Waals surface area contributed by atoms with Crippen LogP contribution in [0.25, 0.3) is 11.1 Å². The van der Waals surface area contributed by atoms with Gasteiger partial charge in [-0.05, 0) is 33.6 Å². The summed E-state index contributed by atoms with van der Waals surface area (Å²) in [4.78, 5) is 29.7. The number of furan rings is 1. The van der Waals surface area contributed by atoms with Crippen LogP contribution < -0.4 is 10.6 Å². The summed E-state index contributed by atoms with van der Waals surface area (Å²) in [6, 6.07) is -0.289. The Morgan fingerprint density at radius 2 is 2.08 bits per heavy atom. The minimum atomic E-state index is -0.289. The maximum Gasteiger partial charge on any atom is 0.256 e. The van der Waals surface area contributed by atoms with Crippen LogP contribution in [0.5, 0.6) is 0 Å². The van der Waals surface area contributed by atoms with Crippen LogP contribution in [0.4, 0.5) is 5.82 Å². The Labute approximate surface area is 150 Å². The molecule has 1 amide bonds. The molecule has 0 aromatic carbocycles. The quantitative estimate of drug-likeness (QED) is 0.727. The maximum absolute atomic E-state index is 13.0. The number of aryl methyl sites for hydroxylation is 1. The standard InChI is InChI=1S/C18H20N6O2/c1-10(12-8-19-6-7-20-12)23-16(25)13-11(2)26-17-14(13)15(21-9-22-17)24-18(3)4-5-18/h6-10H,4-5H2,1-3H3,(H,23,25)(H,21,22,24). The molecule has 0 aliphatic heterocycles. The normalized spacial score (nSPS) is 16.3. The van der Waals surface area contributed by atoms with Crippen LogP contribution in [0.2, 0.25) is 0 Å². The van der Waals surface area contributed by atoms with Crippen molar-refractivity contribution in [2.24, 2.45) is 0 Å². The highest BCUT2D eigenvalue weighted by atomic mass is 16.3. The Kier molecular flexibility index (Phi) is 3.82. The zero-order valence-corrected chi connectivity index (χ0v) is 14.9. The first-order valence-electron chi connectivity index (χ1n) is 8.56. The molecule has 8 nitrogen and oxygen atoms in total. The van der Waals surface area contributed by atoms with E-state index in [2.05, 4.69) is 37.5 Å². The van der Waals surface area contributed by atoms with Crippen molar-refractivity contribution in [2.75, 3.05) is 5.32 Å². The summed E-state index contributed by atoms with van der Waals surface area (Å²) in [7, 11) is 0. The van der Waals surface area contributed by atoms with Crippen LogP contribution in [0.1, 0.15) is 54.5 Å². The van der Waals surface area contributed by atoms with Crippen LogP contribution in [-0.2, 0) is 0 Å². The lowest BCUT2D eigenvalue weighted by molar-refractivity contribution is 0.0939. The second kappa shape index (κ2) is 6.05. The van der Waals surface area contributed by atoms with Gasteiger partial charge >= 0.3 is 0 Å². The number of nitrogens with one attached hydrogen (secondary N) is 2. The molecule has 0 spiro atoms. The Hall–Kier alpha value is -3.03. The summed E-state index contributed by atoms with van der Waals surface area (Å²) < 4.78 is 5.70. The molecule has 3 aromatic heterocycles. The van der Waals surface area contributed by atoms with Crippen LogP contribution >= 0.6 is 0 Å². The second-order valence-corrected chi connectivity index (χ2v) is 6.95. The van der Waals surface area contributed by atoms with Gasteiger partial charge in [0.2, 0.25) is 5.71 Å². The first kappa shape index (κ1) is 16.4. The van der Waals surface area contributed by atoms with Crippen LogP contribution in [0.3, 0.4) is 0 Å². The molecule has 0 radical (unpaired) electrons. The molecule has 1 unspecified atom stereocenters. The largest absolute Gasteiger partial charge is 0.442 e. The highest BCUT2D eigenvalue weighted by Crippen LogP contribution is 2.40. The van der Waals surface area contributed by atoms with Crippen molar-refractivity contribution in [3.8, 4) is 0 Å². The molecule has 0 bridgehead atoms. The summed E-state index contributed by atoms with van der Waals surface area (Å²) in [5, 5.41) is 6.98. The van der Waals surface area contributed by atoms with E-state index >= 15 is 0 Å². The average molecular weight is 352 g/mol. The molecular weight excluding hydrogens is 332 g/mol. The van der Waals surface area contributed by atoms with Crippen molar-refractivity contribution in [3.05, 3.63) is 41.9 Å². The van der Waals surface area contributed by atoms with Gasteiger partial charge in [-0.2, -0.15) is 0 Å². The lowest BCUT2D eigenvalue weighted by atomic mass is 10.1. The number of carbonyl (C=O) groups excluding carboxylic acids is 1. The highest BCUT2D eigenvalue weighted by molar-refractivity contribution is 6.10. The number of amides is 1. The molecule has 134 valence electrons. The number of rotatable bonds is 5. The third-order valence-corrected chi connectivity index (χ3v) is 4.69. The van der Waals surface area contributed by atoms with E-state index < -0.39 is 0 Å². The van der Waals surface area contributed by atoms with Crippen molar-refractivity contribution in [3.63, 3.8) is 0 Å². The molecule has 8 heteroatoms. The fourth-order valence-corrected chi connectivity index (χ4v) is 2.89. The van der Waals surface area contributed by atoms with E-state index in [9.17, 15) is 4.79 Å². The molecule has 1 atom stereocenters. The molecule has 2 N–H and O–H groups in total. The number of anilines is 1. The molecule has 3 aromatic rings. The monoisotopic (exact) mass is 352 g/mol. The SMILES string of the molecule is Cc1oc2ncnc(NC3(C)CC3)c2c1C(=O)NC(C)c1cnccn1. The minimum Gasteiger partial charge on any atom is -0.442 e. The molecule has 4 rings (SSSR count). The van der Waals surface area contributed by atoms with Gasteiger partial charge in [0, 0.05) is 17.9 Å². The molecule has 26 heavy (non-hydrogen) atoms. The fraction of sp³-hybridized carbons (Fsp3) is 0.389. The van der Waals surface area contributed by atoms with E-state index in [1.807, 2.05) is 6.92 Å². The summed E-state index contributed by atoms with van der Waals surface area (Å²) in [5.41, 5.74) is 1.56. The Morgan fingerprint density at radius 1 is 1.27 bits per heavy atom. The Morgan fingerprint density at radius 3 is 2.77 bits per heavy atom.